The van der Waals surface area contributed by atoms with Crippen molar-refractivity contribution >= 4 is 27.3 Å². The van der Waals surface area contributed by atoms with Crippen molar-refractivity contribution in [3.8, 4) is 0 Å². The Morgan fingerprint density at radius 3 is 2.88 bits per heavy atom. The fourth-order valence-electron chi connectivity index (χ4n) is 1.60. The quantitative estimate of drug-likeness (QED) is 0.879. The molecule has 1 aromatic rings. The second-order valence-corrected chi connectivity index (χ2v) is 6.43. The Balaban J connectivity index is 2.04. The van der Waals surface area contributed by atoms with Gasteiger partial charge in [-0.2, -0.15) is 0 Å². The van der Waals surface area contributed by atoms with Gasteiger partial charge in [-0.1, -0.05) is 0 Å². The Kier molecular flexibility index (Phi) is 3.94. The van der Waals surface area contributed by atoms with Gasteiger partial charge in [-0.3, -0.25) is 4.21 Å². The average Bonchev–Trinajstić information content (AvgIpc) is 2.78. The van der Waals surface area contributed by atoms with Crippen LogP contribution in [0, 0.1) is 0 Å². The Bertz CT molecular complexity index is 370. The van der Waals surface area contributed by atoms with Crippen molar-refractivity contribution in [2.45, 2.75) is 13.0 Å². The van der Waals surface area contributed by atoms with Crippen molar-refractivity contribution in [1.29, 1.82) is 0 Å². The first kappa shape index (κ1) is 12.0. The highest BCUT2D eigenvalue weighted by atomic mass is 32.2. The van der Waals surface area contributed by atoms with Crippen LogP contribution in [0.25, 0.3) is 0 Å². The van der Waals surface area contributed by atoms with Crippen LogP contribution >= 0.6 is 11.3 Å². The minimum absolute atomic E-state index is 0.295. The molecule has 2 rings (SSSR count). The molecule has 1 aromatic heterocycles. The lowest BCUT2D eigenvalue weighted by Crippen LogP contribution is -2.37. The molecule has 1 N–H and O–H groups in total. The van der Waals surface area contributed by atoms with E-state index in [1.807, 2.05) is 7.05 Å². The smallest absolute Gasteiger partial charge is 0.185 e. The zero-order valence-corrected chi connectivity index (χ0v) is 11.2. The van der Waals surface area contributed by atoms with Crippen LogP contribution in [0.4, 0.5) is 5.13 Å². The maximum absolute atomic E-state index is 11.3. The van der Waals surface area contributed by atoms with Crippen molar-refractivity contribution in [3.63, 3.8) is 0 Å². The largest absolute Gasteiger partial charge is 0.346 e. The molecule has 1 aliphatic heterocycles. The van der Waals surface area contributed by atoms with Gasteiger partial charge in [0.1, 0.15) is 0 Å². The van der Waals surface area contributed by atoms with Crippen LogP contribution in [0.15, 0.2) is 5.38 Å². The van der Waals surface area contributed by atoms with E-state index in [0.29, 0.717) is 6.04 Å². The monoisotopic (exact) mass is 259 g/mol. The molecule has 0 saturated carbocycles. The summed E-state index contributed by atoms with van der Waals surface area (Å²) in [5.41, 5.74) is 1.09. The minimum Gasteiger partial charge on any atom is -0.346 e. The molecule has 1 aliphatic rings. The van der Waals surface area contributed by atoms with Crippen LogP contribution in [0.3, 0.4) is 0 Å². The van der Waals surface area contributed by atoms with Crippen molar-refractivity contribution in [2.75, 3.05) is 36.5 Å². The standard InChI is InChI=1S/C10H17N3OS2/c1-8(11-2)9-7-15-10(12-9)13-3-5-16(14)6-4-13/h7-8,11H,3-6H2,1-2H3. The van der Waals surface area contributed by atoms with E-state index in [1.54, 1.807) is 11.3 Å². The van der Waals surface area contributed by atoms with Gasteiger partial charge in [0, 0.05) is 46.8 Å². The summed E-state index contributed by atoms with van der Waals surface area (Å²) in [6, 6.07) is 0.295. The number of hydrogen-bond acceptors (Lipinski definition) is 5. The predicted molar refractivity (Wildman–Crippen MR) is 69.7 cm³/mol. The third-order valence-electron chi connectivity index (χ3n) is 2.83. The number of nitrogens with zero attached hydrogens (tertiary/aromatic N) is 2. The third kappa shape index (κ3) is 2.61. The summed E-state index contributed by atoms with van der Waals surface area (Å²) in [5, 5.41) is 6.34. The summed E-state index contributed by atoms with van der Waals surface area (Å²) in [6.07, 6.45) is 0. The van der Waals surface area contributed by atoms with Crippen LogP contribution in [0.1, 0.15) is 18.7 Å². The molecule has 1 unspecified atom stereocenters. The molecule has 4 nitrogen and oxygen atoms in total. The number of nitrogens with one attached hydrogen (secondary N) is 1. The van der Waals surface area contributed by atoms with E-state index in [9.17, 15) is 4.21 Å². The number of anilines is 1. The van der Waals surface area contributed by atoms with E-state index >= 15 is 0 Å². The Morgan fingerprint density at radius 1 is 1.56 bits per heavy atom. The molecule has 0 bridgehead atoms. The number of rotatable bonds is 3. The Labute approximate surface area is 103 Å². The summed E-state index contributed by atoms with van der Waals surface area (Å²) >= 11 is 1.68. The highest BCUT2D eigenvalue weighted by molar-refractivity contribution is 7.85. The summed E-state index contributed by atoms with van der Waals surface area (Å²) in [7, 11) is 1.32. The molecule has 0 aromatic carbocycles. The Hall–Kier alpha value is -0.460. The third-order valence-corrected chi connectivity index (χ3v) is 5.03. The van der Waals surface area contributed by atoms with Crippen molar-refractivity contribution in [2.24, 2.45) is 0 Å². The van der Waals surface area contributed by atoms with Crippen molar-refractivity contribution in [1.82, 2.24) is 10.3 Å². The average molecular weight is 259 g/mol. The molecule has 16 heavy (non-hydrogen) atoms. The summed E-state index contributed by atoms with van der Waals surface area (Å²) in [6.45, 7) is 3.84. The SMILES string of the molecule is CNC(C)c1csc(N2CCS(=O)CC2)n1. The van der Waals surface area contributed by atoms with Gasteiger partial charge in [0.05, 0.1) is 5.69 Å². The van der Waals surface area contributed by atoms with Gasteiger partial charge < -0.3 is 10.2 Å². The molecule has 1 fully saturated rings. The predicted octanol–water partition coefficient (Wildman–Crippen LogP) is 0.992. The first-order valence-corrected chi connectivity index (χ1v) is 7.80. The van der Waals surface area contributed by atoms with Gasteiger partial charge >= 0.3 is 0 Å². The lowest BCUT2D eigenvalue weighted by Gasteiger charge is -2.25. The lowest BCUT2D eigenvalue weighted by atomic mass is 10.3. The maximum atomic E-state index is 11.3. The van der Waals surface area contributed by atoms with Crippen LogP contribution in [0.5, 0.6) is 0 Å². The van der Waals surface area contributed by atoms with Gasteiger partial charge in [0.15, 0.2) is 5.13 Å². The van der Waals surface area contributed by atoms with E-state index in [2.05, 4.69) is 27.5 Å². The van der Waals surface area contributed by atoms with Crippen LogP contribution in [0.2, 0.25) is 0 Å². The molecular weight excluding hydrogens is 242 g/mol. The highest BCUT2D eigenvalue weighted by Gasteiger charge is 2.18. The van der Waals surface area contributed by atoms with Crippen molar-refractivity contribution in [3.05, 3.63) is 11.1 Å². The fraction of sp³-hybridized carbons (Fsp3) is 0.700. The molecule has 0 aliphatic carbocycles. The topological polar surface area (TPSA) is 45.2 Å². The molecule has 1 atom stereocenters. The molecule has 6 heteroatoms. The molecule has 2 heterocycles. The van der Waals surface area contributed by atoms with Crippen LogP contribution in [-0.2, 0) is 10.8 Å². The fourth-order valence-corrected chi connectivity index (χ4v) is 3.62. The Morgan fingerprint density at radius 2 is 2.25 bits per heavy atom. The lowest BCUT2D eigenvalue weighted by molar-refractivity contribution is 0.635. The number of thiazole rings is 1. The number of hydrogen-bond donors (Lipinski definition) is 1. The second-order valence-electron chi connectivity index (χ2n) is 3.90. The maximum Gasteiger partial charge on any atom is 0.185 e. The second kappa shape index (κ2) is 5.25. The molecule has 0 radical (unpaired) electrons. The van der Waals surface area contributed by atoms with E-state index in [1.165, 1.54) is 0 Å². The summed E-state index contributed by atoms with van der Waals surface area (Å²) < 4.78 is 11.3. The molecule has 0 amide bonds. The van der Waals surface area contributed by atoms with Crippen LogP contribution in [-0.4, -0.2) is 40.8 Å². The number of aromatic nitrogens is 1. The molecule has 90 valence electrons. The van der Waals surface area contributed by atoms with Crippen LogP contribution < -0.4 is 10.2 Å². The van der Waals surface area contributed by atoms with Gasteiger partial charge in [-0.25, -0.2) is 4.98 Å². The molecule has 0 spiro atoms. The molecule has 1 saturated heterocycles. The van der Waals surface area contributed by atoms with E-state index in [4.69, 9.17) is 0 Å². The van der Waals surface area contributed by atoms with Crippen molar-refractivity contribution < 1.29 is 4.21 Å². The minimum atomic E-state index is -0.615. The first-order valence-electron chi connectivity index (χ1n) is 5.43. The summed E-state index contributed by atoms with van der Waals surface area (Å²) in [4.78, 5) is 6.85. The van der Waals surface area contributed by atoms with Gasteiger partial charge in [0.2, 0.25) is 0 Å². The highest BCUT2D eigenvalue weighted by Crippen LogP contribution is 2.24. The normalized spacial score (nSPS) is 20.0. The summed E-state index contributed by atoms with van der Waals surface area (Å²) in [5.74, 6) is 1.55. The van der Waals surface area contributed by atoms with Gasteiger partial charge in [-0.05, 0) is 14.0 Å². The van der Waals surface area contributed by atoms with Gasteiger partial charge in [-0.15, -0.1) is 11.3 Å². The van der Waals surface area contributed by atoms with E-state index in [0.717, 1.165) is 35.4 Å². The zero-order valence-electron chi connectivity index (χ0n) is 9.60. The zero-order chi connectivity index (χ0) is 11.5. The van der Waals surface area contributed by atoms with Gasteiger partial charge in [0.25, 0.3) is 0 Å². The van der Waals surface area contributed by atoms with E-state index < -0.39 is 10.8 Å². The van der Waals surface area contributed by atoms with E-state index in [-0.39, 0.29) is 0 Å². The molecular formula is C10H17N3OS2. The first-order chi connectivity index (χ1) is 7.70.